The molecule has 3 aromatic heterocycles. The Bertz CT molecular complexity index is 2430. The molecule has 46 heavy (non-hydrogen) atoms. The molecule has 0 atom stereocenters. The van der Waals surface area contributed by atoms with Gasteiger partial charge in [-0.15, -0.1) is 41.4 Å². The first-order valence-corrected chi connectivity index (χ1v) is 14.9. The molecule has 0 amide bonds. The first-order valence-electron chi connectivity index (χ1n) is 14.9. The molecule has 0 N–H and O–H groups in total. The zero-order valence-electron chi connectivity index (χ0n) is 24.7. The molecule has 0 spiro atoms. The third-order valence-corrected chi connectivity index (χ3v) is 8.36. The van der Waals surface area contributed by atoms with E-state index in [1.807, 2.05) is 72.4 Å². The maximum Gasteiger partial charge on any atom is 0.137 e. The van der Waals surface area contributed by atoms with Crippen molar-refractivity contribution in [1.29, 1.82) is 0 Å². The summed E-state index contributed by atoms with van der Waals surface area (Å²) < 4.78 is 10.9. The molecule has 0 saturated heterocycles. The van der Waals surface area contributed by atoms with Gasteiger partial charge in [-0.05, 0) is 49.1 Å². The van der Waals surface area contributed by atoms with Crippen LogP contribution in [0.3, 0.4) is 0 Å². The third kappa shape index (κ3) is 4.56. The number of nitrogens with zero attached hydrogens (tertiary/aromatic N) is 5. The molecule has 8 aromatic rings. The SMILES string of the molecule is CN1C=CN(c2[c-]c(Oc3[c-]c4c(cc3)c3ccccc3n4-c3cc4c(cn3)c3ccccc3n4-c3ccccc3)ccc2)[CH-]1.[Pt]. The standard InChI is InChI=1S/C39H26N5O.Pt/c1-41-20-21-42(26-41)28-12-9-13-29(22-28)45-30-18-19-33-31-14-5-8-17-36(31)44(37(33)23-30)39-24-38-34(25-40-39)32-15-6-7-16-35(32)43(38)27-10-3-2-4-11-27;/h2-21,24-26H,1H3;/q-3;. The number of para-hydroxylation sites is 3. The number of anilines is 1. The fourth-order valence-electron chi connectivity index (χ4n) is 6.36. The smallest absolute Gasteiger partial charge is 0.137 e. The van der Waals surface area contributed by atoms with E-state index in [4.69, 9.17) is 9.72 Å². The van der Waals surface area contributed by atoms with Gasteiger partial charge in [-0.3, -0.25) is 0 Å². The van der Waals surface area contributed by atoms with E-state index in [2.05, 4.69) is 106 Å². The van der Waals surface area contributed by atoms with Gasteiger partial charge in [0.05, 0.1) is 11.0 Å². The normalized spacial score (nSPS) is 12.9. The fraction of sp³-hybridized carbons (Fsp3) is 0.0256. The molecule has 1 aliphatic rings. The molecule has 0 aliphatic carbocycles. The largest absolute Gasteiger partial charge is 0.510 e. The summed E-state index contributed by atoms with van der Waals surface area (Å²) in [4.78, 5) is 9.05. The molecule has 9 rings (SSSR count). The summed E-state index contributed by atoms with van der Waals surface area (Å²) in [6.07, 6.45) is 5.98. The Morgan fingerprint density at radius 2 is 1.35 bits per heavy atom. The van der Waals surface area contributed by atoms with Crippen molar-refractivity contribution >= 4 is 49.3 Å². The molecule has 7 heteroatoms. The van der Waals surface area contributed by atoms with E-state index in [-0.39, 0.29) is 21.1 Å². The van der Waals surface area contributed by atoms with Crippen LogP contribution in [0.4, 0.5) is 5.69 Å². The van der Waals surface area contributed by atoms with Crippen LogP contribution in [0.1, 0.15) is 0 Å². The first-order chi connectivity index (χ1) is 22.2. The van der Waals surface area contributed by atoms with Crippen molar-refractivity contribution in [1.82, 2.24) is 19.0 Å². The number of fused-ring (bicyclic) bond motifs is 6. The Morgan fingerprint density at radius 3 is 2.13 bits per heavy atom. The van der Waals surface area contributed by atoms with Crippen molar-refractivity contribution in [3.05, 3.63) is 153 Å². The van der Waals surface area contributed by atoms with Gasteiger partial charge in [-0.2, -0.15) is 18.8 Å². The summed E-state index contributed by atoms with van der Waals surface area (Å²) in [6, 6.07) is 46.5. The molecule has 1 aliphatic heterocycles. The van der Waals surface area contributed by atoms with E-state index in [0.29, 0.717) is 11.5 Å². The Kier molecular flexibility index (Phi) is 6.88. The first kappa shape index (κ1) is 28.2. The monoisotopic (exact) mass is 775 g/mol. The molecule has 6 nitrogen and oxygen atoms in total. The van der Waals surface area contributed by atoms with Crippen molar-refractivity contribution in [2.24, 2.45) is 0 Å². The maximum absolute atomic E-state index is 6.36. The second-order valence-electron chi connectivity index (χ2n) is 11.2. The minimum atomic E-state index is 0. The molecule has 0 unspecified atom stereocenters. The minimum Gasteiger partial charge on any atom is -0.510 e. The van der Waals surface area contributed by atoms with E-state index >= 15 is 0 Å². The van der Waals surface area contributed by atoms with Crippen LogP contribution >= 0.6 is 0 Å². The molecular weight excluding hydrogens is 750 g/mol. The molecule has 5 aromatic carbocycles. The van der Waals surface area contributed by atoms with Crippen LogP contribution in [0.25, 0.3) is 55.1 Å². The molecule has 0 fully saturated rings. The van der Waals surface area contributed by atoms with Crippen LogP contribution in [0.5, 0.6) is 11.5 Å². The number of pyridine rings is 1. The Balaban J connectivity index is 0.00000312. The van der Waals surface area contributed by atoms with Gasteiger partial charge in [-0.25, -0.2) is 4.98 Å². The zero-order chi connectivity index (χ0) is 29.9. The molecule has 226 valence electrons. The van der Waals surface area contributed by atoms with Gasteiger partial charge in [0.25, 0.3) is 0 Å². The van der Waals surface area contributed by atoms with Crippen LogP contribution in [0.15, 0.2) is 134 Å². The number of hydrogen-bond acceptors (Lipinski definition) is 4. The van der Waals surface area contributed by atoms with Crippen LogP contribution in [-0.2, 0) is 21.1 Å². The fourth-order valence-corrected chi connectivity index (χ4v) is 6.36. The van der Waals surface area contributed by atoms with E-state index in [1.165, 1.54) is 5.39 Å². The Hall–Kier alpha value is -5.32. The van der Waals surface area contributed by atoms with Crippen molar-refractivity contribution in [2.75, 3.05) is 11.9 Å². The van der Waals surface area contributed by atoms with Gasteiger partial charge in [0.15, 0.2) is 0 Å². The number of ether oxygens (including phenoxy) is 1. The summed E-state index contributed by atoms with van der Waals surface area (Å²) >= 11 is 0. The Labute approximate surface area is 280 Å². The quantitative estimate of drug-likeness (QED) is 0.164. The topological polar surface area (TPSA) is 38.5 Å². The summed E-state index contributed by atoms with van der Waals surface area (Å²) in [5, 5.41) is 4.50. The molecule has 0 bridgehead atoms. The molecular formula is C39H26N5OPt-3. The molecule has 4 heterocycles. The minimum absolute atomic E-state index is 0. The summed E-state index contributed by atoms with van der Waals surface area (Å²) in [5.41, 5.74) is 6.21. The number of aromatic nitrogens is 3. The van der Waals surface area contributed by atoms with Crippen LogP contribution in [0, 0.1) is 18.8 Å². The second kappa shape index (κ2) is 11.2. The van der Waals surface area contributed by atoms with Crippen LogP contribution < -0.4 is 9.64 Å². The second-order valence-corrected chi connectivity index (χ2v) is 11.2. The Morgan fingerprint density at radius 1 is 0.630 bits per heavy atom. The summed E-state index contributed by atoms with van der Waals surface area (Å²) in [6.45, 7) is 1.99. The van der Waals surface area contributed by atoms with Crippen molar-refractivity contribution < 1.29 is 25.8 Å². The van der Waals surface area contributed by atoms with Crippen molar-refractivity contribution in [3.63, 3.8) is 0 Å². The summed E-state index contributed by atoms with van der Waals surface area (Å²) in [7, 11) is 1.99. The predicted molar refractivity (Wildman–Crippen MR) is 181 cm³/mol. The summed E-state index contributed by atoms with van der Waals surface area (Å²) in [5.74, 6) is 2.04. The van der Waals surface area contributed by atoms with E-state index < -0.39 is 0 Å². The van der Waals surface area contributed by atoms with Gasteiger partial charge in [-0.1, -0.05) is 60.1 Å². The predicted octanol–water partition coefficient (Wildman–Crippen LogP) is 9.01. The van der Waals surface area contributed by atoms with Gasteiger partial charge < -0.3 is 23.7 Å². The van der Waals surface area contributed by atoms with E-state index in [1.54, 1.807) is 0 Å². The van der Waals surface area contributed by atoms with Crippen LogP contribution in [-0.4, -0.2) is 26.1 Å². The third-order valence-electron chi connectivity index (χ3n) is 8.36. The van der Waals surface area contributed by atoms with E-state index in [9.17, 15) is 0 Å². The maximum atomic E-state index is 6.36. The van der Waals surface area contributed by atoms with Gasteiger partial charge >= 0.3 is 0 Å². The molecule has 0 saturated carbocycles. The van der Waals surface area contributed by atoms with Gasteiger partial charge in [0.2, 0.25) is 0 Å². The van der Waals surface area contributed by atoms with Gasteiger partial charge in [0.1, 0.15) is 5.82 Å². The zero-order valence-corrected chi connectivity index (χ0v) is 27.0. The average Bonchev–Trinajstić information content (AvgIpc) is 3.76. The van der Waals surface area contributed by atoms with Gasteiger partial charge in [0, 0.05) is 66.8 Å². The molecule has 0 radical (unpaired) electrons. The number of benzene rings is 5. The number of rotatable bonds is 5. The van der Waals surface area contributed by atoms with Crippen molar-refractivity contribution in [2.45, 2.75) is 0 Å². The average molecular weight is 776 g/mol. The number of hydrogen-bond donors (Lipinski definition) is 0. The van der Waals surface area contributed by atoms with Crippen molar-refractivity contribution in [3.8, 4) is 23.0 Å². The van der Waals surface area contributed by atoms with Crippen LogP contribution in [0.2, 0.25) is 0 Å². The van der Waals surface area contributed by atoms with E-state index in [0.717, 1.165) is 55.4 Å².